The number of aryl methyl sites for hydroxylation is 1. The Balaban J connectivity index is 1.43. The number of amides is 1. The fraction of sp³-hybridized carbons (Fsp3) is 0.308. The topological polar surface area (TPSA) is 45.2 Å². The number of nitrogens with one attached hydrogen (secondary N) is 1. The van der Waals surface area contributed by atoms with E-state index in [1.54, 1.807) is 12.3 Å². The number of likely N-dealkylation sites (tertiary alicyclic amines) is 1. The van der Waals surface area contributed by atoms with Gasteiger partial charge in [-0.15, -0.1) is 0 Å². The molecule has 32 heavy (non-hydrogen) atoms. The molecule has 1 amide bonds. The molecule has 1 aliphatic rings. The SMILES string of the molecule is Cc1cccnc1C(NC(=O)C1CCN(Cc2ccccc2F)CC1)c1ccc(Cl)cc1. The van der Waals surface area contributed by atoms with Crippen LogP contribution < -0.4 is 5.32 Å². The van der Waals surface area contributed by atoms with E-state index in [0.29, 0.717) is 17.1 Å². The highest BCUT2D eigenvalue weighted by atomic mass is 35.5. The summed E-state index contributed by atoms with van der Waals surface area (Å²) in [5.74, 6) is -0.227. The van der Waals surface area contributed by atoms with Crippen LogP contribution >= 0.6 is 11.6 Å². The second kappa shape index (κ2) is 10.2. The second-order valence-corrected chi connectivity index (χ2v) is 8.78. The largest absolute Gasteiger partial charge is 0.343 e. The van der Waals surface area contributed by atoms with Crippen LogP contribution in [-0.2, 0) is 11.3 Å². The zero-order valence-electron chi connectivity index (χ0n) is 18.1. The van der Waals surface area contributed by atoms with Gasteiger partial charge in [0.05, 0.1) is 11.7 Å². The van der Waals surface area contributed by atoms with Crippen molar-refractivity contribution in [2.45, 2.75) is 32.4 Å². The van der Waals surface area contributed by atoms with Gasteiger partial charge in [0, 0.05) is 29.2 Å². The number of carbonyl (C=O) groups excluding carboxylic acids is 1. The minimum absolute atomic E-state index is 0.0283. The Morgan fingerprint density at radius 2 is 1.84 bits per heavy atom. The summed E-state index contributed by atoms with van der Waals surface area (Å²) in [7, 11) is 0. The van der Waals surface area contributed by atoms with Crippen LogP contribution in [0.15, 0.2) is 66.9 Å². The number of aromatic nitrogens is 1. The van der Waals surface area contributed by atoms with Crippen LogP contribution in [0.25, 0.3) is 0 Å². The van der Waals surface area contributed by atoms with E-state index in [1.165, 1.54) is 6.07 Å². The highest BCUT2D eigenvalue weighted by molar-refractivity contribution is 6.30. The maximum atomic E-state index is 14.0. The van der Waals surface area contributed by atoms with Gasteiger partial charge in [-0.2, -0.15) is 0 Å². The van der Waals surface area contributed by atoms with Gasteiger partial charge in [-0.3, -0.25) is 14.7 Å². The Morgan fingerprint density at radius 1 is 1.12 bits per heavy atom. The number of piperidine rings is 1. The third-order valence-corrected chi connectivity index (χ3v) is 6.38. The average Bonchev–Trinajstić information content (AvgIpc) is 2.81. The van der Waals surface area contributed by atoms with E-state index in [0.717, 1.165) is 42.8 Å². The Labute approximate surface area is 193 Å². The molecule has 1 atom stereocenters. The van der Waals surface area contributed by atoms with E-state index in [1.807, 2.05) is 55.5 Å². The molecule has 166 valence electrons. The molecular weight excluding hydrogens is 425 g/mol. The summed E-state index contributed by atoms with van der Waals surface area (Å²) in [6.45, 7) is 4.10. The summed E-state index contributed by atoms with van der Waals surface area (Å²) in [6.07, 6.45) is 3.24. The lowest BCUT2D eigenvalue weighted by Crippen LogP contribution is -2.41. The molecule has 1 aromatic heterocycles. The van der Waals surface area contributed by atoms with Crippen LogP contribution in [0.3, 0.4) is 0 Å². The third kappa shape index (κ3) is 5.34. The van der Waals surface area contributed by atoms with Crippen LogP contribution in [0.2, 0.25) is 5.02 Å². The van der Waals surface area contributed by atoms with Crippen molar-refractivity contribution in [1.29, 1.82) is 0 Å². The van der Waals surface area contributed by atoms with Crippen molar-refractivity contribution in [2.24, 2.45) is 5.92 Å². The molecule has 1 N–H and O–H groups in total. The molecule has 3 aromatic rings. The van der Waals surface area contributed by atoms with Crippen molar-refractivity contribution in [3.05, 3.63) is 100 Å². The number of rotatable bonds is 6. The molecule has 0 bridgehead atoms. The number of hydrogen-bond acceptors (Lipinski definition) is 3. The average molecular weight is 452 g/mol. The van der Waals surface area contributed by atoms with Crippen molar-refractivity contribution >= 4 is 17.5 Å². The fourth-order valence-electron chi connectivity index (χ4n) is 4.25. The summed E-state index contributed by atoms with van der Waals surface area (Å²) in [5, 5.41) is 3.88. The molecular formula is C26H27ClFN3O. The number of nitrogens with zero attached hydrogens (tertiary/aromatic N) is 2. The number of carbonyl (C=O) groups is 1. The van der Waals surface area contributed by atoms with Gasteiger partial charge in [-0.25, -0.2) is 4.39 Å². The quantitative estimate of drug-likeness (QED) is 0.553. The number of hydrogen-bond donors (Lipinski definition) is 1. The standard InChI is InChI=1S/C26H27ClFN3O/c1-18-5-4-14-29-24(18)25(19-8-10-22(27)11-9-19)30-26(32)20-12-15-31(16-13-20)17-21-6-2-3-7-23(21)28/h2-11,14,20,25H,12-13,15-17H2,1H3,(H,30,32). The predicted octanol–water partition coefficient (Wildman–Crippen LogP) is 5.30. The van der Waals surface area contributed by atoms with Crippen LogP contribution in [0.1, 0.15) is 41.3 Å². The Bertz CT molecular complexity index is 1060. The van der Waals surface area contributed by atoms with Crippen molar-refractivity contribution < 1.29 is 9.18 Å². The summed E-state index contributed by atoms with van der Waals surface area (Å²) < 4.78 is 14.0. The van der Waals surface area contributed by atoms with Crippen LogP contribution in [0.5, 0.6) is 0 Å². The minimum atomic E-state index is -0.336. The smallest absolute Gasteiger partial charge is 0.224 e. The van der Waals surface area contributed by atoms with E-state index < -0.39 is 0 Å². The van der Waals surface area contributed by atoms with E-state index in [4.69, 9.17) is 11.6 Å². The van der Waals surface area contributed by atoms with Gasteiger partial charge >= 0.3 is 0 Å². The zero-order chi connectivity index (χ0) is 22.5. The molecule has 0 aliphatic carbocycles. The summed E-state index contributed by atoms with van der Waals surface area (Å²) in [6, 6.07) is 17.9. The number of halogens is 2. The van der Waals surface area contributed by atoms with Gasteiger partial charge in [0.15, 0.2) is 0 Å². The van der Waals surface area contributed by atoms with Crippen molar-refractivity contribution in [1.82, 2.24) is 15.2 Å². The first kappa shape index (κ1) is 22.4. The first-order valence-electron chi connectivity index (χ1n) is 10.9. The maximum Gasteiger partial charge on any atom is 0.224 e. The molecule has 0 spiro atoms. The van der Waals surface area contributed by atoms with Crippen LogP contribution in [0, 0.1) is 18.7 Å². The van der Waals surface area contributed by atoms with Gasteiger partial charge in [-0.05, 0) is 68.2 Å². The molecule has 4 rings (SSSR count). The normalized spacial score (nSPS) is 16.0. The molecule has 2 heterocycles. The van der Waals surface area contributed by atoms with E-state index in [9.17, 15) is 9.18 Å². The van der Waals surface area contributed by atoms with Crippen molar-refractivity contribution in [3.63, 3.8) is 0 Å². The highest BCUT2D eigenvalue weighted by Gasteiger charge is 2.28. The summed E-state index contributed by atoms with van der Waals surface area (Å²) >= 11 is 6.07. The fourth-order valence-corrected chi connectivity index (χ4v) is 4.37. The van der Waals surface area contributed by atoms with Crippen molar-refractivity contribution in [2.75, 3.05) is 13.1 Å². The van der Waals surface area contributed by atoms with Gasteiger partial charge in [0.25, 0.3) is 0 Å². The number of benzene rings is 2. The van der Waals surface area contributed by atoms with Gasteiger partial charge < -0.3 is 5.32 Å². The third-order valence-electron chi connectivity index (χ3n) is 6.12. The van der Waals surface area contributed by atoms with Crippen LogP contribution in [-0.4, -0.2) is 28.9 Å². The Kier molecular flexibility index (Phi) is 7.18. The Hall–Kier alpha value is -2.76. The van der Waals surface area contributed by atoms with E-state index >= 15 is 0 Å². The van der Waals surface area contributed by atoms with Gasteiger partial charge in [-0.1, -0.05) is 48.0 Å². The molecule has 6 heteroatoms. The predicted molar refractivity (Wildman–Crippen MR) is 125 cm³/mol. The lowest BCUT2D eigenvalue weighted by molar-refractivity contribution is -0.127. The molecule has 1 aliphatic heterocycles. The molecule has 1 unspecified atom stereocenters. The second-order valence-electron chi connectivity index (χ2n) is 8.34. The first-order chi connectivity index (χ1) is 15.5. The monoisotopic (exact) mass is 451 g/mol. The molecule has 0 saturated carbocycles. The van der Waals surface area contributed by atoms with E-state index in [2.05, 4.69) is 15.2 Å². The lowest BCUT2D eigenvalue weighted by atomic mass is 9.93. The molecule has 4 nitrogen and oxygen atoms in total. The van der Waals surface area contributed by atoms with Crippen LogP contribution in [0.4, 0.5) is 4.39 Å². The molecule has 1 saturated heterocycles. The molecule has 2 aromatic carbocycles. The summed E-state index contributed by atoms with van der Waals surface area (Å²) in [4.78, 5) is 20.0. The van der Waals surface area contributed by atoms with E-state index in [-0.39, 0.29) is 23.7 Å². The molecule has 0 radical (unpaired) electrons. The van der Waals surface area contributed by atoms with Gasteiger partial charge in [0.2, 0.25) is 5.91 Å². The number of pyridine rings is 1. The molecule has 1 fully saturated rings. The first-order valence-corrected chi connectivity index (χ1v) is 11.3. The Morgan fingerprint density at radius 3 is 2.53 bits per heavy atom. The highest BCUT2D eigenvalue weighted by Crippen LogP contribution is 2.27. The van der Waals surface area contributed by atoms with Crippen molar-refractivity contribution in [3.8, 4) is 0 Å². The summed E-state index contributed by atoms with van der Waals surface area (Å²) in [5.41, 5.74) is 3.50. The lowest BCUT2D eigenvalue weighted by Gasteiger charge is -2.32. The zero-order valence-corrected chi connectivity index (χ0v) is 18.9. The minimum Gasteiger partial charge on any atom is -0.343 e. The maximum absolute atomic E-state index is 14.0. The van der Waals surface area contributed by atoms with Gasteiger partial charge in [0.1, 0.15) is 5.82 Å².